The first kappa shape index (κ1) is 19.4. The summed E-state index contributed by atoms with van der Waals surface area (Å²) in [5, 5.41) is 4.06. The number of nitrogens with zero attached hydrogens (tertiary/aromatic N) is 2. The summed E-state index contributed by atoms with van der Waals surface area (Å²) in [7, 11) is 1.67. The third kappa shape index (κ3) is 3.96. The van der Waals surface area contributed by atoms with Crippen molar-refractivity contribution < 1.29 is 9.53 Å². The molecule has 1 aliphatic heterocycles. The van der Waals surface area contributed by atoms with E-state index in [0.29, 0.717) is 13.1 Å². The molecular weight excluding hydrogens is 362 g/mol. The molecule has 1 aliphatic rings. The first-order chi connectivity index (χ1) is 14.1. The molecule has 29 heavy (non-hydrogen) atoms. The number of hydrogen-bond acceptors (Lipinski definition) is 4. The van der Waals surface area contributed by atoms with Crippen molar-refractivity contribution in [2.45, 2.75) is 32.9 Å². The number of piperazine rings is 1. The van der Waals surface area contributed by atoms with Crippen molar-refractivity contribution in [2.75, 3.05) is 20.2 Å². The average Bonchev–Trinajstić information content (AvgIpc) is 2.73. The van der Waals surface area contributed by atoms with E-state index in [0.717, 1.165) is 46.4 Å². The highest BCUT2D eigenvalue weighted by Gasteiger charge is 2.28. The fourth-order valence-electron chi connectivity index (χ4n) is 4.09. The molecule has 5 nitrogen and oxygen atoms in total. The fourth-order valence-corrected chi connectivity index (χ4v) is 4.09. The van der Waals surface area contributed by atoms with Gasteiger partial charge in [-0.25, -0.2) is 4.98 Å². The molecule has 1 amide bonds. The number of hydrogen-bond donors (Lipinski definition) is 1. The van der Waals surface area contributed by atoms with Gasteiger partial charge in [0.05, 0.1) is 24.4 Å². The van der Waals surface area contributed by atoms with Gasteiger partial charge in [-0.2, -0.15) is 0 Å². The van der Waals surface area contributed by atoms with Crippen LogP contribution in [0, 0.1) is 6.92 Å². The molecule has 3 aromatic rings. The Morgan fingerprint density at radius 1 is 1.21 bits per heavy atom. The van der Waals surface area contributed by atoms with Crippen LogP contribution in [0.1, 0.15) is 24.5 Å². The molecule has 5 heteroatoms. The van der Waals surface area contributed by atoms with Gasteiger partial charge in [-0.1, -0.05) is 30.7 Å². The molecule has 4 rings (SSSR count). The van der Waals surface area contributed by atoms with E-state index in [1.54, 1.807) is 7.11 Å². The molecule has 2 heterocycles. The van der Waals surface area contributed by atoms with Crippen LogP contribution in [0.15, 0.2) is 48.5 Å². The maximum Gasteiger partial charge on any atom is 0.237 e. The molecule has 150 valence electrons. The summed E-state index contributed by atoms with van der Waals surface area (Å²) < 4.78 is 5.39. The van der Waals surface area contributed by atoms with Crippen molar-refractivity contribution in [3.05, 3.63) is 59.7 Å². The lowest BCUT2D eigenvalue weighted by atomic mass is 10.00. The Morgan fingerprint density at radius 3 is 2.83 bits per heavy atom. The van der Waals surface area contributed by atoms with Crippen LogP contribution >= 0.6 is 0 Å². The molecule has 0 bridgehead atoms. The zero-order valence-corrected chi connectivity index (χ0v) is 17.2. The van der Waals surface area contributed by atoms with Gasteiger partial charge in [0.2, 0.25) is 5.91 Å². The van der Waals surface area contributed by atoms with E-state index >= 15 is 0 Å². The Morgan fingerprint density at radius 2 is 2.07 bits per heavy atom. The second-order valence-corrected chi connectivity index (χ2v) is 7.61. The van der Waals surface area contributed by atoms with E-state index < -0.39 is 0 Å². The van der Waals surface area contributed by atoms with Gasteiger partial charge in [0.15, 0.2) is 0 Å². The number of carbonyl (C=O) groups excluding carboxylic acids is 1. The number of pyridine rings is 1. The van der Waals surface area contributed by atoms with Crippen LogP contribution < -0.4 is 10.1 Å². The van der Waals surface area contributed by atoms with E-state index in [2.05, 4.69) is 54.4 Å². The molecule has 1 aromatic heterocycles. The summed E-state index contributed by atoms with van der Waals surface area (Å²) >= 11 is 0. The average molecular weight is 389 g/mol. The summed E-state index contributed by atoms with van der Waals surface area (Å²) in [5.41, 5.74) is 5.31. The van der Waals surface area contributed by atoms with Crippen LogP contribution in [-0.4, -0.2) is 42.0 Å². The monoisotopic (exact) mass is 389 g/mol. The smallest absolute Gasteiger partial charge is 0.237 e. The van der Waals surface area contributed by atoms with Crippen LogP contribution in [0.4, 0.5) is 0 Å². The Bertz CT molecular complexity index is 1050. The number of ether oxygens (including phenoxy) is 1. The summed E-state index contributed by atoms with van der Waals surface area (Å²) in [6.45, 7) is 6.39. The first-order valence-electron chi connectivity index (χ1n) is 10.2. The summed E-state index contributed by atoms with van der Waals surface area (Å²) in [6, 6.07) is 16.5. The zero-order valence-electron chi connectivity index (χ0n) is 17.2. The van der Waals surface area contributed by atoms with Crippen molar-refractivity contribution in [1.82, 2.24) is 15.2 Å². The van der Waals surface area contributed by atoms with Crippen molar-refractivity contribution in [3.63, 3.8) is 0 Å². The maximum absolute atomic E-state index is 12.3. The maximum atomic E-state index is 12.3. The largest absolute Gasteiger partial charge is 0.497 e. The number of amides is 1. The normalized spacial score (nSPS) is 17.3. The van der Waals surface area contributed by atoms with Crippen LogP contribution in [0.25, 0.3) is 22.2 Å². The number of rotatable bonds is 5. The lowest BCUT2D eigenvalue weighted by Gasteiger charge is -2.34. The molecule has 2 aromatic carbocycles. The third-order valence-corrected chi connectivity index (χ3v) is 5.60. The SMILES string of the molecule is CC[C@@H]1C(=O)NCCN1Cc1cc2ccc(OC)cc2nc1-c1cccc(C)c1. The predicted molar refractivity (Wildman–Crippen MR) is 116 cm³/mol. The number of benzene rings is 2. The molecule has 0 unspecified atom stereocenters. The van der Waals surface area contributed by atoms with Crippen LogP contribution in [0.5, 0.6) is 5.75 Å². The highest BCUT2D eigenvalue weighted by Crippen LogP contribution is 2.30. The highest BCUT2D eigenvalue weighted by atomic mass is 16.5. The Kier molecular flexibility index (Phi) is 5.49. The molecule has 0 saturated carbocycles. The quantitative estimate of drug-likeness (QED) is 0.718. The van der Waals surface area contributed by atoms with E-state index in [1.807, 2.05) is 18.2 Å². The van der Waals surface area contributed by atoms with E-state index in [-0.39, 0.29) is 11.9 Å². The summed E-state index contributed by atoms with van der Waals surface area (Å²) in [6.07, 6.45) is 0.795. The van der Waals surface area contributed by atoms with Crippen molar-refractivity contribution in [2.24, 2.45) is 0 Å². The second kappa shape index (κ2) is 8.21. The number of nitrogens with one attached hydrogen (secondary N) is 1. The van der Waals surface area contributed by atoms with Gasteiger partial charge in [-0.15, -0.1) is 0 Å². The minimum atomic E-state index is -0.0966. The molecule has 1 N–H and O–H groups in total. The van der Waals surface area contributed by atoms with Crippen LogP contribution in [-0.2, 0) is 11.3 Å². The Hall–Kier alpha value is -2.92. The Balaban J connectivity index is 1.82. The lowest BCUT2D eigenvalue weighted by molar-refractivity contribution is -0.129. The van der Waals surface area contributed by atoms with Gasteiger partial charge in [-0.3, -0.25) is 9.69 Å². The zero-order chi connectivity index (χ0) is 20.4. The second-order valence-electron chi connectivity index (χ2n) is 7.61. The van der Waals surface area contributed by atoms with Crippen LogP contribution in [0.2, 0.25) is 0 Å². The topological polar surface area (TPSA) is 54.5 Å². The third-order valence-electron chi connectivity index (χ3n) is 5.60. The van der Waals surface area contributed by atoms with E-state index in [4.69, 9.17) is 9.72 Å². The number of methoxy groups -OCH3 is 1. The van der Waals surface area contributed by atoms with E-state index in [1.165, 1.54) is 5.56 Å². The predicted octanol–water partition coefficient (Wildman–Crippen LogP) is 3.93. The first-order valence-corrected chi connectivity index (χ1v) is 10.2. The fraction of sp³-hybridized carbons (Fsp3) is 0.333. The molecule has 0 spiro atoms. The number of aryl methyl sites for hydroxylation is 1. The molecule has 1 saturated heterocycles. The number of fused-ring (bicyclic) bond motifs is 1. The van der Waals surface area contributed by atoms with Crippen LogP contribution in [0.3, 0.4) is 0 Å². The van der Waals surface area contributed by atoms with Gasteiger partial charge in [0.25, 0.3) is 0 Å². The number of aromatic nitrogens is 1. The molecular formula is C24H27N3O2. The summed E-state index contributed by atoms with van der Waals surface area (Å²) in [4.78, 5) is 19.6. The van der Waals surface area contributed by atoms with Gasteiger partial charge < -0.3 is 10.1 Å². The standard InChI is InChI=1S/C24H27N3O2/c1-4-22-24(28)25-10-11-27(22)15-19-13-17-8-9-20(29-3)14-21(17)26-23(19)18-7-5-6-16(2)12-18/h5-9,12-14,22H,4,10-11,15H2,1-3H3,(H,25,28)/t22-/m1/s1. The van der Waals surface area contributed by atoms with Gasteiger partial charge in [-0.05, 0) is 43.2 Å². The minimum Gasteiger partial charge on any atom is -0.497 e. The molecule has 1 fully saturated rings. The van der Waals surface area contributed by atoms with Gasteiger partial charge in [0.1, 0.15) is 5.75 Å². The molecule has 1 atom stereocenters. The Labute approximate surface area is 171 Å². The molecule has 0 radical (unpaired) electrons. The van der Waals surface area contributed by atoms with Crippen molar-refractivity contribution >= 4 is 16.8 Å². The minimum absolute atomic E-state index is 0.0966. The van der Waals surface area contributed by atoms with Crippen molar-refractivity contribution in [1.29, 1.82) is 0 Å². The molecule has 0 aliphatic carbocycles. The highest BCUT2D eigenvalue weighted by molar-refractivity contribution is 5.85. The van der Waals surface area contributed by atoms with E-state index in [9.17, 15) is 4.79 Å². The lowest BCUT2D eigenvalue weighted by Crippen LogP contribution is -2.54. The van der Waals surface area contributed by atoms with Gasteiger partial charge >= 0.3 is 0 Å². The summed E-state index contributed by atoms with van der Waals surface area (Å²) in [5.74, 6) is 0.918. The van der Waals surface area contributed by atoms with Crippen molar-refractivity contribution in [3.8, 4) is 17.0 Å². The number of carbonyl (C=O) groups is 1. The van der Waals surface area contributed by atoms with Gasteiger partial charge in [0, 0.05) is 36.7 Å².